The van der Waals surface area contributed by atoms with Crippen molar-refractivity contribution in [2.45, 2.75) is 25.5 Å². The van der Waals surface area contributed by atoms with Crippen LogP contribution in [0.15, 0.2) is 66.0 Å². The van der Waals surface area contributed by atoms with Crippen molar-refractivity contribution in [2.24, 2.45) is 5.10 Å². The first kappa shape index (κ1) is 18.9. The Morgan fingerprint density at radius 3 is 2.84 bits per heavy atom. The van der Waals surface area contributed by atoms with E-state index in [1.54, 1.807) is 12.4 Å². The molecule has 32 heavy (non-hydrogen) atoms. The molecule has 6 rings (SSSR count). The molecule has 160 valence electrons. The molecule has 2 aliphatic heterocycles. The van der Waals surface area contributed by atoms with Gasteiger partial charge in [0.15, 0.2) is 11.5 Å². The second-order valence-electron chi connectivity index (χ2n) is 8.32. The van der Waals surface area contributed by atoms with Crippen molar-refractivity contribution in [1.82, 2.24) is 19.6 Å². The number of hydrogen-bond acceptors (Lipinski definition) is 7. The van der Waals surface area contributed by atoms with Crippen molar-refractivity contribution < 1.29 is 4.74 Å². The molecule has 2 atom stereocenters. The summed E-state index contributed by atoms with van der Waals surface area (Å²) in [6, 6.07) is 16.5. The molecule has 3 aromatic heterocycles. The molecule has 0 aliphatic carbocycles. The summed E-state index contributed by atoms with van der Waals surface area (Å²) >= 11 is 0. The molecule has 0 radical (unpaired) electrons. The lowest BCUT2D eigenvalue weighted by atomic mass is 10.2. The van der Waals surface area contributed by atoms with E-state index in [1.807, 2.05) is 47.1 Å². The number of pyridine rings is 1. The van der Waals surface area contributed by atoms with Gasteiger partial charge in [-0.3, -0.25) is 10.4 Å². The molecular formula is C24H23N7O. The highest BCUT2D eigenvalue weighted by atomic mass is 16.5. The summed E-state index contributed by atoms with van der Waals surface area (Å²) in [5.41, 5.74) is 7.99. The van der Waals surface area contributed by atoms with E-state index in [-0.39, 0.29) is 6.10 Å². The normalized spacial score (nSPS) is 20.0. The van der Waals surface area contributed by atoms with Gasteiger partial charge < -0.3 is 9.64 Å². The van der Waals surface area contributed by atoms with Crippen molar-refractivity contribution in [3.05, 3.63) is 72.1 Å². The van der Waals surface area contributed by atoms with Crippen LogP contribution in [0.4, 0.5) is 11.6 Å². The predicted octanol–water partition coefficient (Wildman–Crippen LogP) is 3.52. The summed E-state index contributed by atoms with van der Waals surface area (Å²) in [5.74, 6) is 1.68. The first-order valence-electron chi connectivity index (χ1n) is 10.8. The largest absolute Gasteiger partial charge is 0.374 e. The molecule has 2 unspecified atom stereocenters. The number of anilines is 2. The number of nitrogens with one attached hydrogen (secondary N) is 1. The maximum absolute atomic E-state index is 5.81. The van der Waals surface area contributed by atoms with Gasteiger partial charge in [-0.05, 0) is 31.0 Å². The fraction of sp³-hybridized carbons (Fsp3) is 0.250. The fourth-order valence-corrected chi connectivity index (χ4v) is 4.49. The van der Waals surface area contributed by atoms with E-state index in [1.165, 1.54) is 5.56 Å². The average molecular weight is 425 g/mol. The van der Waals surface area contributed by atoms with Gasteiger partial charge in [-0.2, -0.15) is 14.7 Å². The third kappa shape index (κ3) is 3.48. The average Bonchev–Trinajstić information content (AvgIpc) is 3.55. The zero-order chi connectivity index (χ0) is 21.5. The second kappa shape index (κ2) is 7.72. The minimum atomic E-state index is 0.286. The molecular weight excluding hydrogens is 402 g/mol. The Hall–Kier alpha value is -3.78. The van der Waals surface area contributed by atoms with Crippen molar-refractivity contribution in [3.63, 3.8) is 0 Å². The number of hydrazone groups is 1. The van der Waals surface area contributed by atoms with Gasteiger partial charge in [-0.1, -0.05) is 29.8 Å². The van der Waals surface area contributed by atoms with Crippen LogP contribution in [-0.2, 0) is 4.74 Å². The van der Waals surface area contributed by atoms with Gasteiger partial charge in [-0.15, -0.1) is 0 Å². The maximum atomic E-state index is 5.81. The summed E-state index contributed by atoms with van der Waals surface area (Å²) in [4.78, 5) is 11.3. The molecule has 1 N–H and O–H groups in total. The highest BCUT2D eigenvalue weighted by Gasteiger charge is 2.40. The van der Waals surface area contributed by atoms with Crippen molar-refractivity contribution >= 4 is 23.5 Å². The monoisotopic (exact) mass is 425 g/mol. The third-order valence-corrected chi connectivity index (χ3v) is 6.01. The summed E-state index contributed by atoms with van der Waals surface area (Å²) < 4.78 is 7.73. The Labute approximate surface area is 185 Å². The lowest BCUT2D eigenvalue weighted by molar-refractivity contribution is 0.0987. The number of nitrogens with zero attached hydrogens (tertiary/aromatic N) is 6. The lowest BCUT2D eigenvalue weighted by Crippen LogP contribution is -2.38. The van der Waals surface area contributed by atoms with E-state index in [0.717, 1.165) is 47.9 Å². The van der Waals surface area contributed by atoms with E-state index in [9.17, 15) is 0 Å². The Balaban J connectivity index is 1.38. The SMILES string of the molecule is Cc1cccc(/C=N/Nc2cc(N3CC4CC3CO4)n3nc(-c4ccncc4)cc3n2)c1. The molecule has 4 aromatic rings. The predicted molar refractivity (Wildman–Crippen MR) is 124 cm³/mol. The van der Waals surface area contributed by atoms with E-state index < -0.39 is 0 Å². The number of benzene rings is 1. The topological polar surface area (TPSA) is 79.9 Å². The molecule has 8 nitrogen and oxygen atoms in total. The molecule has 0 amide bonds. The van der Waals surface area contributed by atoms with Crippen LogP contribution in [0.3, 0.4) is 0 Å². The summed E-state index contributed by atoms with van der Waals surface area (Å²) in [7, 11) is 0. The molecule has 8 heteroatoms. The van der Waals surface area contributed by atoms with Crippen LogP contribution in [-0.4, -0.2) is 51.1 Å². The molecule has 0 saturated carbocycles. The number of rotatable bonds is 5. The molecule has 2 fully saturated rings. The molecule has 5 heterocycles. The lowest BCUT2D eigenvalue weighted by Gasteiger charge is -2.29. The van der Waals surface area contributed by atoms with Crippen LogP contribution in [0.2, 0.25) is 0 Å². The maximum Gasteiger partial charge on any atom is 0.160 e. The molecule has 2 bridgehead atoms. The summed E-state index contributed by atoms with van der Waals surface area (Å²) in [6.07, 6.45) is 6.70. The third-order valence-electron chi connectivity index (χ3n) is 6.01. The van der Waals surface area contributed by atoms with Crippen LogP contribution >= 0.6 is 0 Å². The summed E-state index contributed by atoms with van der Waals surface area (Å²) in [6.45, 7) is 3.68. The van der Waals surface area contributed by atoms with E-state index in [2.05, 4.69) is 39.5 Å². The van der Waals surface area contributed by atoms with E-state index >= 15 is 0 Å². The standard InChI is InChI=1S/C24H23N7O/c1-16-3-2-4-17(9-16)13-26-28-22-12-24(30-14-20-10-19(30)15-32-20)31-23(27-22)11-21(29-31)18-5-7-25-8-6-18/h2-9,11-13,19-20H,10,14-15H2,1H3,(H,27,28)/b26-13+. The van der Waals surface area contributed by atoms with Gasteiger partial charge in [0.25, 0.3) is 0 Å². The van der Waals surface area contributed by atoms with Gasteiger partial charge >= 0.3 is 0 Å². The van der Waals surface area contributed by atoms with Crippen molar-refractivity contribution in [2.75, 3.05) is 23.5 Å². The van der Waals surface area contributed by atoms with Gasteiger partial charge in [0.05, 0.1) is 30.7 Å². The summed E-state index contributed by atoms with van der Waals surface area (Å²) in [5, 5.41) is 9.29. The zero-order valence-corrected chi connectivity index (χ0v) is 17.7. The van der Waals surface area contributed by atoms with Gasteiger partial charge in [0, 0.05) is 36.6 Å². The van der Waals surface area contributed by atoms with Crippen LogP contribution in [0.1, 0.15) is 17.5 Å². The second-order valence-corrected chi connectivity index (χ2v) is 8.32. The smallest absolute Gasteiger partial charge is 0.160 e. The Morgan fingerprint density at radius 2 is 2.06 bits per heavy atom. The zero-order valence-electron chi connectivity index (χ0n) is 17.7. The number of hydrogen-bond donors (Lipinski definition) is 1. The van der Waals surface area contributed by atoms with Crippen LogP contribution in [0.25, 0.3) is 16.9 Å². The Morgan fingerprint density at radius 1 is 1.16 bits per heavy atom. The van der Waals surface area contributed by atoms with Crippen LogP contribution < -0.4 is 10.3 Å². The Bertz CT molecular complexity index is 1300. The Kier molecular flexibility index (Phi) is 4.57. The highest BCUT2D eigenvalue weighted by Crippen LogP contribution is 2.34. The van der Waals surface area contributed by atoms with Gasteiger partial charge in [-0.25, -0.2) is 4.98 Å². The number of aryl methyl sites for hydroxylation is 1. The number of morpholine rings is 1. The van der Waals surface area contributed by atoms with Crippen LogP contribution in [0.5, 0.6) is 0 Å². The molecule has 2 aliphatic rings. The molecule has 0 spiro atoms. The number of ether oxygens (including phenoxy) is 1. The number of aromatic nitrogens is 4. The van der Waals surface area contributed by atoms with E-state index in [0.29, 0.717) is 11.9 Å². The van der Waals surface area contributed by atoms with Crippen LogP contribution in [0, 0.1) is 6.92 Å². The first-order valence-corrected chi connectivity index (χ1v) is 10.8. The number of fused-ring (bicyclic) bond motifs is 3. The highest BCUT2D eigenvalue weighted by molar-refractivity contribution is 5.80. The molecule has 1 aromatic carbocycles. The first-order chi connectivity index (χ1) is 15.7. The van der Waals surface area contributed by atoms with Gasteiger partial charge in [0.2, 0.25) is 0 Å². The minimum Gasteiger partial charge on any atom is -0.374 e. The van der Waals surface area contributed by atoms with Crippen molar-refractivity contribution in [1.29, 1.82) is 0 Å². The van der Waals surface area contributed by atoms with Crippen molar-refractivity contribution in [3.8, 4) is 11.3 Å². The van der Waals surface area contributed by atoms with E-state index in [4.69, 9.17) is 14.8 Å². The quantitative estimate of drug-likeness (QED) is 0.389. The minimum absolute atomic E-state index is 0.286. The van der Waals surface area contributed by atoms with Gasteiger partial charge in [0.1, 0.15) is 5.82 Å². The fourth-order valence-electron chi connectivity index (χ4n) is 4.49. The molecule has 2 saturated heterocycles.